The van der Waals surface area contributed by atoms with Crippen LogP contribution in [0.2, 0.25) is 0 Å². The molecule has 2 aromatic rings. The van der Waals surface area contributed by atoms with E-state index in [1.54, 1.807) is 6.20 Å². The lowest BCUT2D eigenvalue weighted by Gasteiger charge is -2.11. The number of benzene rings is 1. The van der Waals surface area contributed by atoms with E-state index in [0.29, 0.717) is 6.54 Å². The highest BCUT2D eigenvalue weighted by atomic mass is 14.9. The Kier molecular flexibility index (Phi) is 3.85. The topological polar surface area (TPSA) is 48.7 Å². The minimum absolute atomic E-state index is 0.293. The Morgan fingerprint density at radius 1 is 1.12 bits per heavy atom. The Bertz CT molecular complexity index is 488. The van der Waals surface area contributed by atoms with Gasteiger partial charge in [-0.25, -0.2) is 0 Å². The van der Waals surface area contributed by atoms with Gasteiger partial charge in [-0.2, -0.15) is 5.26 Å². The Balaban J connectivity index is 2.01. The lowest BCUT2D eigenvalue weighted by atomic mass is 10.1. The van der Waals surface area contributed by atoms with Gasteiger partial charge in [0.05, 0.1) is 11.8 Å². The summed E-state index contributed by atoms with van der Waals surface area (Å²) in [6.45, 7) is 0.591. The molecule has 0 saturated carbocycles. The van der Waals surface area contributed by atoms with Crippen LogP contribution in [0.4, 0.5) is 0 Å². The molecule has 0 amide bonds. The maximum atomic E-state index is 9.12. The van der Waals surface area contributed by atoms with Gasteiger partial charge in [0.1, 0.15) is 6.04 Å². The molecule has 2 rings (SSSR count). The Hall–Kier alpha value is -2.18. The molecule has 84 valence electrons. The van der Waals surface area contributed by atoms with Crippen molar-refractivity contribution >= 4 is 0 Å². The van der Waals surface area contributed by atoms with E-state index in [1.807, 2.05) is 48.5 Å². The van der Waals surface area contributed by atoms with Crippen molar-refractivity contribution in [3.63, 3.8) is 0 Å². The third-order valence-corrected chi connectivity index (χ3v) is 2.48. The molecule has 1 unspecified atom stereocenters. The molecule has 0 saturated heterocycles. The molecule has 1 atom stereocenters. The van der Waals surface area contributed by atoms with Crippen LogP contribution in [0.25, 0.3) is 0 Å². The fourth-order valence-electron chi connectivity index (χ4n) is 1.59. The van der Waals surface area contributed by atoms with Gasteiger partial charge in [0.15, 0.2) is 0 Å². The van der Waals surface area contributed by atoms with Gasteiger partial charge in [0.25, 0.3) is 0 Å². The summed E-state index contributed by atoms with van der Waals surface area (Å²) in [7, 11) is 0. The SMILES string of the molecule is N#CC(NCc1ccccn1)c1ccccc1. The second-order valence-electron chi connectivity index (χ2n) is 3.67. The maximum Gasteiger partial charge on any atom is 0.121 e. The molecule has 0 radical (unpaired) electrons. The van der Waals surface area contributed by atoms with Crippen molar-refractivity contribution in [3.05, 3.63) is 66.0 Å². The summed E-state index contributed by atoms with van der Waals surface area (Å²) in [5, 5.41) is 12.3. The number of aromatic nitrogens is 1. The molecular formula is C14H13N3. The van der Waals surface area contributed by atoms with E-state index in [2.05, 4.69) is 16.4 Å². The number of pyridine rings is 1. The first-order valence-corrected chi connectivity index (χ1v) is 5.48. The summed E-state index contributed by atoms with van der Waals surface area (Å²) in [6, 6.07) is 17.4. The molecule has 1 heterocycles. The molecule has 0 spiro atoms. The average Bonchev–Trinajstić information content (AvgIpc) is 2.42. The highest BCUT2D eigenvalue weighted by Gasteiger charge is 2.08. The van der Waals surface area contributed by atoms with E-state index >= 15 is 0 Å². The largest absolute Gasteiger partial charge is 0.293 e. The smallest absolute Gasteiger partial charge is 0.121 e. The van der Waals surface area contributed by atoms with Crippen LogP contribution < -0.4 is 5.32 Å². The van der Waals surface area contributed by atoms with Crippen LogP contribution in [0.15, 0.2) is 54.7 Å². The molecular weight excluding hydrogens is 210 g/mol. The molecule has 1 aromatic heterocycles. The summed E-state index contributed by atoms with van der Waals surface area (Å²) in [5.74, 6) is 0. The first-order valence-electron chi connectivity index (χ1n) is 5.48. The molecule has 3 nitrogen and oxygen atoms in total. The molecule has 3 heteroatoms. The normalized spacial score (nSPS) is 11.7. The molecule has 0 aliphatic heterocycles. The highest BCUT2D eigenvalue weighted by Crippen LogP contribution is 2.11. The lowest BCUT2D eigenvalue weighted by molar-refractivity contribution is 0.621. The summed E-state index contributed by atoms with van der Waals surface area (Å²) in [4.78, 5) is 4.21. The summed E-state index contributed by atoms with van der Waals surface area (Å²) >= 11 is 0. The van der Waals surface area contributed by atoms with E-state index < -0.39 is 0 Å². The summed E-state index contributed by atoms with van der Waals surface area (Å²) in [5.41, 5.74) is 1.91. The zero-order valence-electron chi connectivity index (χ0n) is 9.38. The predicted octanol–water partition coefficient (Wildman–Crippen LogP) is 2.44. The van der Waals surface area contributed by atoms with Crippen molar-refractivity contribution < 1.29 is 0 Å². The number of rotatable bonds is 4. The zero-order chi connectivity index (χ0) is 11.9. The molecule has 0 aliphatic rings. The number of nitrogens with zero attached hydrogens (tertiary/aromatic N) is 2. The van der Waals surface area contributed by atoms with Crippen molar-refractivity contribution in [1.29, 1.82) is 5.26 Å². The van der Waals surface area contributed by atoms with E-state index in [1.165, 1.54) is 0 Å². The molecule has 0 bridgehead atoms. The van der Waals surface area contributed by atoms with Gasteiger partial charge in [-0.1, -0.05) is 36.4 Å². The van der Waals surface area contributed by atoms with Gasteiger partial charge >= 0.3 is 0 Å². The van der Waals surface area contributed by atoms with Gasteiger partial charge in [0.2, 0.25) is 0 Å². The Morgan fingerprint density at radius 2 is 1.88 bits per heavy atom. The van der Waals surface area contributed by atoms with E-state index in [9.17, 15) is 0 Å². The number of nitriles is 1. The average molecular weight is 223 g/mol. The van der Waals surface area contributed by atoms with Gasteiger partial charge in [-0.15, -0.1) is 0 Å². The van der Waals surface area contributed by atoms with Crippen molar-refractivity contribution in [2.75, 3.05) is 0 Å². The van der Waals surface area contributed by atoms with Gasteiger partial charge in [0, 0.05) is 12.7 Å². The first kappa shape index (κ1) is 11.3. The van der Waals surface area contributed by atoms with Crippen LogP contribution >= 0.6 is 0 Å². The standard InChI is InChI=1S/C14H13N3/c15-10-14(12-6-2-1-3-7-12)17-11-13-8-4-5-9-16-13/h1-9,14,17H,11H2. The monoisotopic (exact) mass is 223 g/mol. The van der Waals surface area contributed by atoms with E-state index in [-0.39, 0.29) is 6.04 Å². The molecule has 1 N–H and O–H groups in total. The highest BCUT2D eigenvalue weighted by molar-refractivity contribution is 5.23. The van der Waals surface area contributed by atoms with Crippen LogP contribution in [-0.2, 0) is 6.54 Å². The second-order valence-corrected chi connectivity index (χ2v) is 3.67. The van der Waals surface area contributed by atoms with Crippen molar-refractivity contribution in [2.45, 2.75) is 12.6 Å². The minimum Gasteiger partial charge on any atom is -0.293 e. The van der Waals surface area contributed by atoms with Crippen LogP contribution in [0.3, 0.4) is 0 Å². The van der Waals surface area contributed by atoms with Crippen LogP contribution in [-0.4, -0.2) is 4.98 Å². The summed E-state index contributed by atoms with van der Waals surface area (Å²) < 4.78 is 0. The van der Waals surface area contributed by atoms with E-state index in [4.69, 9.17) is 5.26 Å². The quantitative estimate of drug-likeness (QED) is 0.866. The maximum absolute atomic E-state index is 9.12. The van der Waals surface area contributed by atoms with Gasteiger partial charge < -0.3 is 0 Å². The minimum atomic E-state index is -0.293. The Morgan fingerprint density at radius 3 is 2.53 bits per heavy atom. The first-order chi connectivity index (χ1) is 8.40. The van der Waals surface area contributed by atoms with E-state index in [0.717, 1.165) is 11.3 Å². The lowest BCUT2D eigenvalue weighted by Crippen LogP contribution is -2.19. The van der Waals surface area contributed by atoms with Crippen LogP contribution in [0.1, 0.15) is 17.3 Å². The number of hydrogen-bond acceptors (Lipinski definition) is 3. The fraction of sp³-hybridized carbons (Fsp3) is 0.143. The third kappa shape index (κ3) is 3.13. The van der Waals surface area contributed by atoms with Gasteiger partial charge in [-0.3, -0.25) is 10.3 Å². The van der Waals surface area contributed by atoms with Crippen molar-refractivity contribution in [2.24, 2.45) is 0 Å². The van der Waals surface area contributed by atoms with Crippen molar-refractivity contribution in [1.82, 2.24) is 10.3 Å². The Labute approximate surface area is 101 Å². The fourth-order valence-corrected chi connectivity index (χ4v) is 1.59. The molecule has 0 fully saturated rings. The molecule has 17 heavy (non-hydrogen) atoms. The molecule has 0 aliphatic carbocycles. The number of hydrogen-bond donors (Lipinski definition) is 1. The second kappa shape index (κ2) is 5.78. The summed E-state index contributed by atoms with van der Waals surface area (Å²) in [6.07, 6.45) is 1.75. The predicted molar refractivity (Wildman–Crippen MR) is 65.9 cm³/mol. The zero-order valence-corrected chi connectivity index (χ0v) is 9.38. The van der Waals surface area contributed by atoms with Gasteiger partial charge in [-0.05, 0) is 17.7 Å². The number of nitrogens with one attached hydrogen (secondary N) is 1. The van der Waals surface area contributed by atoms with Crippen molar-refractivity contribution in [3.8, 4) is 6.07 Å². The molecule has 1 aromatic carbocycles. The third-order valence-electron chi connectivity index (χ3n) is 2.48. The van der Waals surface area contributed by atoms with Crippen LogP contribution in [0.5, 0.6) is 0 Å². The van der Waals surface area contributed by atoms with Crippen LogP contribution in [0, 0.1) is 11.3 Å².